The van der Waals surface area contributed by atoms with E-state index in [0.29, 0.717) is 22.5 Å². The molecule has 3 aromatic rings. The monoisotopic (exact) mass is 402 g/mol. The van der Waals surface area contributed by atoms with Crippen LogP contribution in [0, 0.1) is 11.6 Å². The first-order chi connectivity index (χ1) is 13.8. The van der Waals surface area contributed by atoms with Gasteiger partial charge in [0.15, 0.2) is 0 Å². The summed E-state index contributed by atoms with van der Waals surface area (Å²) < 4.78 is 65.3. The summed E-state index contributed by atoms with van der Waals surface area (Å²) in [7, 11) is 0. The average Bonchev–Trinajstić information content (AvgIpc) is 3.15. The van der Waals surface area contributed by atoms with Crippen molar-refractivity contribution in [2.24, 2.45) is 4.99 Å². The van der Waals surface area contributed by atoms with E-state index in [2.05, 4.69) is 10.3 Å². The third-order valence-corrected chi connectivity index (χ3v) is 4.97. The molecule has 4 rings (SSSR count). The van der Waals surface area contributed by atoms with E-state index in [0.717, 1.165) is 12.1 Å². The molecule has 0 amide bonds. The maximum atomic E-state index is 13.4. The Morgan fingerprint density at radius 1 is 0.724 bits per heavy atom. The zero-order valence-corrected chi connectivity index (χ0v) is 15.0. The summed E-state index contributed by atoms with van der Waals surface area (Å²) in [5, 5.41) is 3.27. The number of hydrogen-bond acceptors (Lipinski definition) is 2. The number of benzene rings is 3. The van der Waals surface area contributed by atoms with Crippen molar-refractivity contribution in [3.05, 3.63) is 107 Å². The van der Waals surface area contributed by atoms with E-state index >= 15 is 0 Å². The Morgan fingerprint density at radius 3 is 1.66 bits per heavy atom. The molecule has 0 atom stereocenters. The van der Waals surface area contributed by atoms with Crippen LogP contribution in [0.2, 0.25) is 0 Å². The van der Waals surface area contributed by atoms with Gasteiger partial charge in [-0.05, 0) is 47.5 Å². The van der Waals surface area contributed by atoms with Crippen molar-refractivity contribution in [1.29, 1.82) is 0 Å². The number of rotatable bonds is 3. The van der Waals surface area contributed by atoms with E-state index in [1.54, 1.807) is 24.3 Å². The Labute approximate surface area is 163 Å². The molecule has 29 heavy (non-hydrogen) atoms. The summed E-state index contributed by atoms with van der Waals surface area (Å²) in [5.74, 6) is -0.387. The number of aliphatic imine (C=N–C) groups is 1. The molecule has 1 aliphatic heterocycles. The largest absolute Gasteiger partial charge is 0.416 e. The van der Waals surface area contributed by atoms with Crippen LogP contribution in [0.4, 0.5) is 22.0 Å². The first-order valence-corrected chi connectivity index (χ1v) is 8.80. The molecule has 3 aromatic carbocycles. The van der Waals surface area contributed by atoms with Gasteiger partial charge in [-0.15, -0.1) is 0 Å². The lowest BCUT2D eigenvalue weighted by Crippen LogP contribution is -2.44. The molecule has 2 nitrogen and oxygen atoms in total. The van der Waals surface area contributed by atoms with Crippen LogP contribution in [0.25, 0.3) is 0 Å². The van der Waals surface area contributed by atoms with Crippen LogP contribution in [0.5, 0.6) is 0 Å². The Balaban J connectivity index is 1.71. The van der Waals surface area contributed by atoms with Gasteiger partial charge in [0.2, 0.25) is 0 Å². The molecule has 7 heteroatoms. The SMILES string of the molecule is Fc1ccc(C2(c3ccc(F)cc3)CN=C(c3ccc(C(F)(F)F)cc3)N2)cc1. The highest BCUT2D eigenvalue weighted by Crippen LogP contribution is 2.35. The molecule has 0 bridgehead atoms. The van der Waals surface area contributed by atoms with Crippen molar-refractivity contribution < 1.29 is 22.0 Å². The molecule has 148 valence electrons. The molecule has 0 radical (unpaired) electrons. The van der Waals surface area contributed by atoms with Gasteiger partial charge in [-0.1, -0.05) is 36.4 Å². The van der Waals surface area contributed by atoms with E-state index in [-0.39, 0.29) is 6.54 Å². The van der Waals surface area contributed by atoms with Gasteiger partial charge in [-0.2, -0.15) is 13.2 Å². The highest BCUT2D eigenvalue weighted by atomic mass is 19.4. The molecule has 1 aliphatic rings. The van der Waals surface area contributed by atoms with Crippen molar-refractivity contribution in [2.45, 2.75) is 11.7 Å². The second-order valence-corrected chi connectivity index (χ2v) is 6.78. The minimum atomic E-state index is -4.42. The lowest BCUT2D eigenvalue weighted by molar-refractivity contribution is -0.137. The van der Waals surface area contributed by atoms with Crippen LogP contribution in [0.3, 0.4) is 0 Å². The number of amidine groups is 1. The molecular weight excluding hydrogens is 387 g/mol. The van der Waals surface area contributed by atoms with Gasteiger partial charge in [0.1, 0.15) is 23.0 Å². The predicted octanol–water partition coefficient (Wildman–Crippen LogP) is 5.28. The number of nitrogens with one attached hydrogen (secondary N) is 1. The van der Waals surface area contributed by atoms with Gasteiger partial charge in [0.05, 0.1) is 12.1 Å². The van der Waals surface area contributed by atoms with E-state index in [9.17, 15) is 22.0 Å². The van der Waals surface area contributed by atoms with Gasteiger partial charge in [-0.25, -0.2) is 8.78 Å². The molecule has 0 aromatic heterocycles. The fourth-order valence-electron chi connectivity index (χ4n) is 3.42. The molecule has 0 aliphatic carbocycles. The van der Waals surface area contributed by atoms with E-state index in [4.69, 9.17) is 0 Å². The molecule has 1 N–H and O–H groups in total. The second-order valence-electron chi connectivity index (χ2n) is 6.78. The standard InChI is InChI=1S/C22H15F5N2/c23-18-9-5-15(6-10-18)21(16-7-11-19(24)12-8-16)13-28-20(29-21)14-1-3-17(4-2-14)22(25,26)27/h1-12H,13H2,(H,28,29). The summed E-state index contributed by atoms with van der Waals surface area (Å²) in [4.78, 5) is 4.49. The molecule has 0 saturated heterocycles. The van der Waals surface area contributed by atoms with E-state index in [1.165, 1.54) is 36.4 Å². The Morgan fingerprint density at radius 2 is 1.21 bits per heavy atom. The fraction of sp³-hybridized carbons (Fsp3) is 0.136. The first-order valence-electron chi connectivity index (χ1n) is 8.80. The maximum Gasteiger partial charge on any atom is 0.416 e. The molecule has 0 fully saturated rings. The molecular formula is C22H15F5N2. The number of halogens is 5. The predicted molar refractivity (Wildman–Crippen MR) is 99.6 cm³/mol. The van der Waals surface area contributed by atoms with E-state index < -0.39 is 28.9 Å². The average molecular weight is 402 g/mol. The third kappa shape index (κ3) is 3.60. The van der Waals surface area contributed by atoms with Crippen LogP contribution in [-0.4, -0.2) is 12.4 Å². The van der Waals surface area contributed by atoms with E-state index in [1.807, 2.05) is 0 Å². The smallest absolute Gasteiger partial charge is 0.355 e. The Bertz CT molecular complexity index is 991. The number of hydrogen-bond donors (Lipinski definition) is 1. The number of alkyl halides is 3. The summed E-state index contributed by atoms with van der Waals surface area (Å²) >= 11 is 0. The third-order valence-electron chi connectivity index (χ3n) is 4.97. The summed E-state index contributed by atoms with van der Waals surface area (Å²) in [5.41, 5.74) is 0.263. The fourth-order valence-corrected chi connectivity index (χ4v) is 3.42. The molecule has 0 saturated carbocycles. The normalized spacial score (nSPS) is 15.7. The Hall–Kier alpha value is -3.22. The van der Waals surface area contributed by atoms with Gasteiger partial charge in [0, 0.05) is 5.56 Å². The molecule has 1 heterocycles. The highest BCUT2D eigenvalue weighted by Gasteiger charge is 2.39. The molecule has 0 unspecified atom stereocenters. The minimum Gasteiger partial charge on any atom is -0.355 e. The van der Waals surface area contributed by atoms with Crippen molar-refractivity contribution in [1.82, 2.24) is 5.32 Å². The van der Waals surface area contributed by atoms with Crippen molar-refractivity contribution >= 4 is 5.84 Å². The zero-order chi connectivity index (χ0) is 20.6. The van der Waals surface area contributed by atoms with Gasteiger partial charge in [0.25, 0.3) is 0 Å². The quantitative estimate of drug-likeness (QED) is 0.593. The van der Waals surface area contributed by atoms with Crippen LogP contribution in [-0.2, 0) is 11.7 Å². The van der Waals surface area contributed by atoms with Crippen LogP contribution >= 0.6 is 0 Å². The summed E-state index contributed by atoms with van der Waals surface area (Å²) in [6.45, 7) is 0.223. The second kappa shape index (κ2) is 6.99. The first kappa shape index (κ1) is 19.1. The summed E-state index contributed by atoms with van der Waals surface area (Å²) in [6.07, 6.45) is -4.42. The van der Waals surface area contributed by atoms with Crippen LogP contribution in [0.1, 0.15) is 22.3 Å². The summed E-state index contributed by atoms with van der Waals surface area (Å²) in [6, 6.07) is 16.4. The van der Waals surface area contributed by atoms with Crippen molar-refractivity contribution in [3.63, 3.8) is 0 Å². The minimum absolute atomic E-state index is 0.223. The highest BCUT2D eigenvalue weighted by molar-refractivity contribution is 6.01. The maximum absolute atomic E-state index is 13.4. The van der Waals surface area contributed by atoms with Crippen molar-refractivity contribution in [3.8, 4) is 0 Å². The van der Waals surface area contributed by atoms with Gasteiger partial charge in [-0.3, -0.25) is 4.99 Å². The van der Waals surface area contributed by atoms with Gasteiger partial charge < -0.3 is 5.32 Å². The Kier molecular flexibility index (Phi) is 4.61. The van der Waals surface area contributed by atoms with Gasteiger partial charge >= 0.3 is 6.18 Å². The van der Waals surface area contributed by atoms with Crippen molar-refractivity contribution in [2.75, 3.05) is 6.54 Å². The van der Waals surface area contributed by atoms with Crippen LogP contribution in [0.15, 0.2) is 77.8 Å². The lowest BCUT2D eigenvalue weighted by Gasteiger charge is -2.31. The molecule has 0 spiro atoms. The van der Waals surface area contributed by atoms with Crippen LogP contribution < -0.4 is 5.32 Å². The zero-order valence-electron chi connectivity index (χ0n) is 15.0. The number of nitrogens with zero attached hydrogens (tertiary/aromatic N) is 1. The lowest BCUT2D eigenvalue weighted by atomic mass is 9.83. The topological polar surface area (TPSA) is 24.4 Å².